The lowest BCUT2D eigenvalue weighted by atomic mass is 10.1. The van der Waals surface area contributed by atoms with Crippen LogP contribution < -0.4 is 4.74 Å². The van der Waals surface area contributed by atoms with Crippen molar-refractivity contribution in [1.29, 1.82) is 0 Å². The zero-order valence-corrected chi connectivity index (χ0v) is 14.0. The number of benzene rings is 1. The SMILES string of the molecule is COC1CC(CC(=O)O)N(C(=O)C2=Cc3cc(Cl)ccc3OC2)C1. The number of hydrogen-bond acceptors (Lipinski definition) is 4. The van der Waals surface area contributed by atoms with E-state index in [9.17, 15) is 9.59 Å². The van der Waals surface area contributed by atoms with E-state index in [1.54, 1.807) is 36.3 Å². The first-order valence-corrected chi connectivity index (χ1v) is 8.04. The van der Waals surface area contributed by atoms with Crippen LogP contribution in [0.4, 0.5) is 0 Å². The van der Waals surface area contributed by atoms with Gasteiger partial charge < -0.3 is 19.5 Å². The van der Waals surface area contributed by atoms with Gasteiger partial charge in [0, 0.05) is 30.3 Å². The van der Waals surface area contributed by atoms with Gasteiger partial charge in [0.1, 0.15) is 12.4 Å². The zero-order chi connectivity index (χ0) is 17.3. The third-order valence-corrected chi connectivity index (χ3v) is 4.58. The number of likely N-dealkylation sites (tertiary alicyclic amines) is 1. The van der Waals surface area contributed by atoms with Crippen molar-refractivity contribution in [2.24, 2.45) is 0 Å². The van der Waals surface area contributed by atoms with Crippen LogP contribution in [0, 0.1) is 0 Å². The Morgan fingerprint density at radius 1 is 1.46 bits per heavy atom. The van der Waals surface area contributed by atoms with Gasteiger partial charge in [0.2, 0.25) is 0 Å². The van der Waals surface area contributed by atoms with Crippen LogP contribution >= 0.6 is 11.6 Å². The van der Waals surface area contributed by atoms with Crippen molar-refractivity contribution in [3.05, 3.63) is 34.4 Å². The molecule has 24 heavy (non-hydrogen) atoms. The summed E-state index contributed by atoms with van der Waals surface area (Å²) >= 11 is 5.99. The molecule has 0 bridgehead atoms. The highest BCUT2D eigenvalue weighted by atomic mass is 35.5. The van der Waals surface area contributed by atoms with Crippen molar-refractivity contribution in [1.82, 2.24) is 4.90 Å². The van der Waals surface area contributed by atoms with Gasteiger partial charge in [-0.15, -0.1) is 0 Å². The fourth-order valence-corrected chi connectivity index (χ4v) is 3.33. The van der Waals surface area contributed by atoms with Gasteiger partial charge in [0.15, 0.2) is 0 Å². The van der Waals surface area contributed by atoms with E-state index in [1.807, 2.05) is 0 Å². The fourth-order valence-electron chi connectivity index (χ4n) is 3.14. The number of carboxylic acids is 1. The molecule has 1 amide bonds. The number of aliphatic carboxylic acids is 1. The van der Waals surface area contributed by atoms with Gasteiger partial charge in [-0.3, -0.25) is 9.59 Å². The standard InChI is InChI=1S/C17H18ClNO5/c1-23-14-6-13(7-16(20)21)19(8-14)17(22)11-4-10-5-12(18)2-3-15(10)24-9-11/h2-5,13-14H,6-9H2,1H3,(H,20,21). The normalized spacial score (nSPS) is 22.6. The van der Waals surface area contributed by atoms with Crippen LogP contribution in [0.3, 0.4) is 0 Å². The summed E-state index contributed by atoms with van der Waals surface area (Å²) in [5.74, 6) is -0.471. The Bertz CT molecular complexity index is 702. The number of carboxylic acid groups (broad SMARTS) is 1. The average Bonchev–Trinajstić information content (AvgIpc) is 2.95. The second-order valence-corrected chi connectivity index (χ2v) is 6.38. The lowest BCUT2D eigenvalue weighted by Crippen LogP contribution is -2.39. The topological polar surface area (TPSA) is 76.1 Å². The van der Waals surface area contributed by atoms with Crippen molar-refractivity contribution in [2.75, 3.05) is 20.3 Å². The molecule has 1 N–H and O–H groups in total. The second-order valence-electron chi connectivity index (χ2n) is 5.94. The van der Waals surface area contributed by atoms with Crippen LogP contribution in [0.2, 0.25) is 5.02 Å². The van der Waals surface area contributed by atoms with Crippen molar-refractivity contribution in [2.45, 2.75) is 25.0 Å². The van der Waals surface area contributed by atoms with Crippen LogP contribution in [0.1, 0.15) is 18.4 Å². The molecule has 6 nitrogen and oxygen atoms in total. The van der Waals surface area contributed by atoms with E-state index in [1.165, 1.54) is 0 Å². The molecular weight excluding hydrogens is 334 g/mol. The largest absolute Gasteiger partial charge is 0.488 e. The minimum Gasteiger partial charge on any atom is -0.488 e. The lowest BCUT2D eigenvalue weighted by Gasteiger charge is -2.26. The summed E-state index contributed by atoms with van der Waals surface area (Å²) in [4.78, 5) is 25.5. The number of fused-ring (bicyclic) bond motifs is 1. The van der Waals surface area contributed by atoms with Gasteiger partial charge in [-0.2, -0.15) is 0 Å². The first-order chi connectivity index (χ1) is 11.5. The highest BCUT2D eigenvalue weighted by Crippen LogP contribution is 2.31. The maximum Gasteiger partial charge on any atom is 0.305 e. The van der Waals surface area contributed by atoms with E-state index in [4.69, 9.17) is 26.2 Å². The molecule has 2 heterocycles. The van der Waals surface area contributed by atoms with Crippen LogP contribution in [-0.2, 0) is 14.3 Å². The maximum absolute atomic E-state index is 12.8. The number of hydrogen-bond donors (Lipinski definition) is 1. The van der Waals surface area contributed by atoms with E-state index in [0.29, 0.717) is 29.3 Å². The quantitative estimate of drug-likeness (QED) is 0.900. The smallest absolute Gasteiger partial charge is 0.305 e. The van der Waals surface area contributed by atoms with Crippen molar-refractivity contribution < 1.29 is 24.2 Å². The Morgan fingerprint density at radius 3 is 2.96 bits per heavy atom. The molecule has 2 aliphatic rings. The number of amides is 1. The zero-order valence-electron chi connectivity index (χ0n) is 13.2. The molecular formula is C17H18ClNO5. The summed E-state index contributed by atoms with van der Waals surface area (Å²) in [7, 11) is 1.57. The molecule has 1 aromatic carbocycles. The van der Waals surface area contributed by atoms with Crippen LogP contribution in [0.15, 0.2) is 23.8 Å². The lowest BCUT2D eigenvalue weighted by molar-refractivity contribution is -0.139. The molecule has 0 aliphatic carbocycles. The number of carbonyl (C=O) groups is 2. The van der Waals surface area contributed by atoms with E-state index < -0.39 is 5.97 Å². The Hall–Kier alpha value is -2.05. The van der Waals surface area contributed by atoms with Gasteiger partial charge in [0.05, 0.1) is 18.1 Å². The Kier molecular flexibility index (Phi) is 4.78. The van der Waals surface area contributed by atoms with Gasteiger partial charge in [0.25, 0.3) is 5.91 Å². The number of ether oxygens (including phenoxy) is 2. The first kappa shape index (κ1) is 16.8. The summed E-state index contributed by atoms with van der Waals surface area (Å²) in [5, 5.41) is 9.63. The third kappa shape index (κ3) is 3.39. The number of halogens is 1. The monoisotopic (exact) mass is 351 g/mol. The molecule has 2 unspecified atom stereocenters. The minimum absolute atomic E-state index is 0.0951. The molecule has 0 saturated carbocycles. The summed E-state index contributed by atoms with van der Waals surface area (Å²) in [6.07, 6.45) is 2.03. The van der Waals surface area contributed by atoms with Crippen LogP contribution in [0.5, 0.6) is 5.75 Å². The number of carbonyl (C=O) groups excluding carboxylic acids is 1. The minimum atomic E-state index is -0.930. The van der Waals surface area contributed by atoms with Gasteiger partial charge >= 0.3 is 5.97 Å². The summed E-state index contributed by atoms with van der Waals surface area (Å²) in [6, 6.07) is 4.86. The Balaban J connectivity index is 1.83. The number of methoxy groups -OCH3 is 1. The average molecular weight is 352 g/mol. The molecule has 0 radical (unpaired) electrons. The summed E-state index contributed by atoms with van der Waals surface area (Å²) in [6.45, 7) is 0.536. The molecule has 0 spiro atoms. The molecule has 128 valence electrons. The molecule has 1 aromatic rings. The van der Waals surface area contributed by atoms with E-state index in [-0.39, 0.29) is 31.1 Å². The highest BCUT2D eigenvalue weighted by molar-refractivity contribution is 6.30. The highest BCUT2D eigenvalue weighted by Gasteiger charge is 2.38. The van der Waals surface area contributed by atoms with Gasteiger partial charge in [-0.1, -0.05) is 11.6 Å². The third-order valence-electron chi connectivity index (χ3n) is 4.34. The van der Waals surface area contributed by atoms with E-state index in [2.05, 4.69) is 0 Å². The Labute approximate surface area is 144 Å². The van der Waals surface area contributed by atoms with Crippen molar-refractivity contribution in [3.63, 3.8) is 0 Å². The molecule has 3 rings (SSSR count). The molecule has 7 heteroatoms. The summed E-state index contributed by atoms with van der Waals surface area (Å²) < 4.78 is 10.9. The predicted octanol–water partition coefficient (Wildman–Crippen LogP) is 2.21. The van der Waals surface area contributed by atoms with E-state index >= 15 is 0 Å². The molecule has 2 atom stereocenters. The van der Waals surface area contributed by atoms with Crippen molar-refractivity contribution >= 4 is 29.6 Å². The second kappa shape index (κ2) is 6.83. The molecule has 2 aliphatic heterocycles. The van der Waals surface area contributed by atoms with Crippen LogP contribution in [0.25, 0.3) is 6.08 Å². The molecule has 1 saturated heterocycles. The van der Waals surface area contributed by atoms with E-state index in [0.717, 1.165) is 5.56 Å². The summed E-state index contributed by atoms with van der Waals surface area (Å²) in [5.41, 5.74) is 1.23. The molecule has 1 fully saturated rings. The molecule has 0 aromatic heterocycles. The fraction of sp³-hybridized carbons (Fsp3) is 0.412. The maximum atomic E-state index is 12.8. The van der Waals surface area contributed by atoms with Crippen molar-refractivity contribution in [3.8, 4) is 5.75 Å². The van der Waals surface area contributed by atoms with Gasteiger partial charge in [-0.05, 0) is 30.7 Å². The number of nitrogens with zero attached hydrogens (tertiary/aromatic N) is 1. The number of rotatable bonds is 4. The Morgan fingerprint density at radius 2 is 2.25 bits per heavy atom. The van der Waals surface area contributed by atoms with Crippen LogP contribution in [-0.4, -0.2) is 54.3 Å². The first-order valence-electron chi connectivity index (χ1n) is 7.66. The van der Waals surface area contributed by atoms with Gasteiger partial charge in [-0.25, -0.2) is 0 Å². The predicted molar refractivity (Wildman–Crippen MR) is 88.1 cm³/mol.